The highest BCUT2D eigenvalue weighted by atomic mass is 16.3. The normalized spacial score (nSPS) is 15.1. The Bertz CT molecular complexity index is 2280. The summed E-state index contributed by atoms with van der Waals surface area (Å²) in [6.07, 6.45) is 2.22. The summed E-state index contributed by atoms with van der Waals surface area (Å²) in [5.74, 6) is 1.77. The van der Waals surface area contributed by atoms with Crippen molar-refractivity contribution in [1.82, 2.24) is 5.32 Å². The molecule has 1 aromatic heterocycles. The van der Waals surface area contributed by atoms with E-state index in [1.165, 1.54) is 5.56 Å². The van der Waals surface area contributed by atoms with Crippen molar-refractivity contribution in [2.24, 2.45) is 4.99 Å². The third-order valence-corrected chi connectivity index (χ3v) is 8.88. The molecule has 0 fully saturated rings. The highest BCUT2D eigenvalue weighted by Crippen LogP contribution is 2.53. The van der Waals surface area contributed by atoms with Crippen LogP contribution in [0.4, 0.5) is 17.1 Å². The Labute approximate surface area is 267 Å². The first kappa shape index (κ1) is 26.3. The van der Waals surface area contributed by atoms with Gasteiger partial charge in [-0.3, -0.25) is 0 Å². The number of hydrogen-bond donors (Lipinski definition) is 1. The highest BCUT2D eigenvalue weighted by Gasteiger charge is 2.30. The standard InChI is InChI=1S/C42H29N3O/c1-3-13-28(14-4-1)35-27-36(44-42(43-35)30-15-5-2-6-16-30)29-23-25-31(26-24-29)45-37-20-10-7-17-32(37)40-34-19-9-12-22-39(34)46-41(40)33-18-8-11-21-38(33)45/h1-27,35H,(H,43,44). The van der Waals surface area contributed by atoms with Crippen molar-refractivity contribution in [3.63, 3.8) is 0 Å². The lowest BCUT2D eigenvalue weighted by molar-refractivity contribution is 0.633. The Morgan fingerprint density at radius 1 is 0.565 bits per heavy atom. The number of hydrogen-bond acceptors (Lipinski definition) is 4. The summed E-state index contributed by atoms with van der Waals surface area (Å²) in [5.41, 5.74) is 11.8. The number of anilines is 3. The van der Waals surface area contributed by atoms with E-state index in [-0.39, 0.29) is 6.04 Å². The molecule has 0 radical (unpaired) electrons. The van der Waals surface area contributed by atoms with Crippen molar-refractivity contribution in [1.29, 1.82) is 0 Å². The van der Waals surface area contributed by atoms with E-state index in [0.717, 1.165) is 73.1 Å². The van der Waals surface area contributed by atoms with Crippen LogP contribution >= 0.6 is 0 Å². The van der Waals surface area contributed by atoms with Crippen molar-refractivity contribution < 1.29 is 4.42 Å². The number of nitrogens with one attached hydrogen (secondary N) is 1. The minimum absolute atomic E-state index is 0.00396. The lowest BCUT2D eigenvalue weighted by Gasteiger charge is -2.28. The van der Waals surface area contributed by atoms with E-state index in [0.29, 0.717) is 0 Å². The summed E-state index contributed by atoms with van der Waals surface area (Å²) in [6.45, 7) is 0. The maximum Gasteiger partial charge on any atom is 0.145 e. The van der Waals surface area contributed by atoms with Gasteiger partial charge in [0.05, 0.1) is 23.1 Å². The Hall–Kier alpha value is -6.13. The van der Waals surface area contributed by atoms with Gasteiger partial charge in [-0.1, -0.05) is 121 Å². The average Bonchev–Trinajstić information content (AvgIpc) is 3.47. The van der Waals surface area contributed by atoms with Crippen molar-refractivity contribution in [3.8, 4) is 22.5 Å². The fraction of sp³-hybridized carbons (Fsp3) is 0.0238. The summed E-state index contributed by atoms with van der Waals surface area (Å²) in [5, 5.41) is 4.77. The van der Waals surface area contributed by atoms with E-state index < -0.39 is 0 Å². The second-order valence-corrected chi connectivity index (χ2v) is 11.6. The van der Waals surface area contributed by atoms with Crippen LogP contribution in [-0.2, 0) is 0 Å². The van der Waals surface area contributed by atoms with E-state index in [4.69, 9.17) is 9.41 Å². The molecule has 2 aliphatic heterocycles. The molecule has 6 aromatic carbocycles. The number of aliphatic imine (C=N–C) groups is 1. The smallest absolute Gasteiger partial charge is 0.145 e. The number of amidine groups is 1. The zero-order valence-corrected chi connectivity index (χ0v) is 25.0. The van der Waals surface area contributed by atoms with Crippen LogP contribution < -0.4 is 10.2 Å². The number of furan rings is 1. The summed E-state index contributed by atoms with van der Waals surface area (Å²) < 4.78 is 6.57. The molecule has 4 nitrogen and oxygen atoms in total. The van der Waals surface area contributed by atoms with Gasteiger partial charge in [0.15, 0.2) is 0 Å². The van der Waals surface area contributed by atoms with Crippen LogP contribution in [0.1, 0.15) is 22.7 Å². The van der Waals surface area contributed by atoms with Gasteiger partial charge in [-0.15, -0.1) is 0 Å². The SMILES string of the molecule is C1=C(c2ccc(N3c4ccccc4-c4oc5ccccc5c4-c4ccccc43)cc2)N=C(c2ccccc2)NC1c1ccccc1. The van der Waals surface area contributed by atoms with Gasteiger partial charge in [0.1, 0.15) is 17.2 Å². The molecule has 0 bridgehead atoms. The van der Waals surface area contributed by atoms with E-state index in [1.54, 1.807) is 0 Å². The maximum absolute atomic E-state index is 6.57. The Kier molecular flexibility index (Phi) is 6.17. The minimum Gasteiger partial charge on any atom is -0.455 e. The molecular formula is C42H29N3O. The topological polar surface area (TPSA) is 40.8 Å². The van der Waals surface area contributed by atoms with Crippen LogP contribution in [0.15, 0.2) is 173 Å². The van der Waals surface area contributed by atoms with Crippen molar-refractivity contribution >= 4 is 39.6 Å². The fourth-order valence-electron chi connectivity index (χ4n) is 6.71. The van der Waals surface area contributed by atoms with Crippen LogP contribution in [0.3, 0.4) is 0 Å². The van der Waals surface area contributed by atoms with E-state index in [1.807, 2.05) is 12.1 Å². The minimum atomic E-state index is 0.00396. The predicted octanol–water partition coefficient (Wildman–Crippen LogP) is 10.7. The van der Waals surface area contributed by atoms with Crippen molar-refractivity contribution in [2.45, 2.75) is 6.04 Å². The number of fused-ring (bicyclic) bond motifs is 7. The highest BCUT2D eigenvalue weighted by molar-refractivity contribution is 6.10. The maximum atomic E-state index is 6.57. The average molecular weight is 592 g/mol. The molecule has 2 aliphatic rings. The molecule has 218 valence electrons. The first-order valence-electron chi connectivity index (χ1n) is 15.6. The molecule has 0 amide bonds. The van der Waals surface area contributed by atoms with E-state index in [9.17, 15) is 0 Å². The number of benzene rings is 6. The molecule has 46 heavy (non-hydrogen) atoms. The van der Waals surface area contributed by atoms with Crippen LogP contribution in [0.5, 0.6) is 0 Å². The molecule has 1 unspecified atom stereocenters. The molecule has 0 spiro atoms. The summed E-state index contributed by atoms with van der Waals surface area (Å²) >= 11 is 0. The van der Waals surface area contributed by atoms with Crippen molar-refractivity contribution in [2.75, 3.05) is 4.90 Å². The third-order valence-electron chi connectivity index (χ3n) is 8.88. The van der Waals surface area contributed by atoms with Crippen LogP contribution in [0.2, 0.25) is 0 Å². The zero-order valence-electron chi connectivity index (χ0n) is 25.0. The summed E-state index contributed by atoms with van der Waals surface area (Å²) in [4.78, 5) is 7.47. The molecule has 4 heteroatoms. The Balaban J connectivity index is 1.17. The number of rotatable bonds is 4. The molecule has 7 aromatic rings. The van der Waals surface area contributed by atoms with Gasteiger partial charge in [0.2, 0.25) is 0 Å². The summed E-state index contributed by atoms with van der Waals surface area (Å²) in [6, 6.07) is 55.1. The zero-order chi connectivity index (χ0) is 30.5. The van der Waals surface area contributed by atoms with Crippen LogP contribution in [0.25, 0.3) is 39.1 Å². The van der Waals surface area contributed by atoms with E-state index in [2.05, 4.69) is 162 Å². The number of nitrogens with zero attached hydrogens (tertiary/aromatic N) is 2. The predicted molar refractivity (Wildman–Crippen MR) is 189 cm³/mol. The van der Waals surface area contributed by atoms with Crippen molar-refractivity contribution in [3.05, 3.63) is 180 Å². The van der Waals surface area contributed by atoms with Gasteiger partial charge in [0, 0.05) is 38.9 Å². The first-order valence-corrected chi connectivity index (χ1v) is 15.6. The second kappa shape index (κ2) is 10.8. The molecular weight excluding hydrogens is 562 g/mol. The van der Waals surface area contributed by atoms with E-state index >= 15 is 0 Å². The van der Waals surface area contributed by atoms with Crippen LogP contribution in [0, 0.1) is 0 Å². The van der Waals surface area contributed by atoms with Crippen LogP contribution in [-0.4, -0.2) is 5.84 Å². The van der Waals surface area contributed by atoms with Gasteiger partial charge >= 0.3 is 0 Å². The van der Waals surface area contributed by atoms with Gasteiger partial charge in [-0.2, -0.15) is 0 Å². The molecule has 0 aliphatic carbocycles. The Morgan fingerprint density at radius 2 is 1.20 bits per heavy atom. The monoisotopic (exact) mass is 591 g/mol. The van der Waals surface area contributed by atoms with Gasteiger partial charge in [0.25, 0.3) is 0 Å². The molecule has 1 N–H and O–H groups in total. The third kappa shape index (κ3) is 4.34. The quantitative estimate of drug-likeness (QED) is 0.221. The summed E-state index contributed by atoms with van der Waals surface area (Å²) in [7, 11) is 0. The van der Waals surface area contributed by atoms with Gasteiger partial charge in [-0.25, -0.2) is 4.99 Å². The molecule has 0 saturated heterocycles. The molecule has 3 heterocycles. The fourth-order valence-corrected chi connectivity index (χ4v) is 6.71. The van der Waals surface area contributed by atoms with Gasteiger partial charge in [-0.05, 0) is 48.0 Å². The largest absolute Gasteiger partial charge is 0.455 e. The lowest BCUT2D eigenvalue weighted by atomic mass is 9.98. The first-order chi connectivity index (χ1) is 22.8. The molecule has 0 saturated carbocycles. The second-order valence-electron chi connectivity index (χ2n) is 11.6. The molecule has 1 atom stereocenters. The Morgan fingerprint density at radius 3 is 1.98 bits per heavy atom. The number of para-hydroxylation sites is 3. The molecule has 9 rings (SSSR count). The van der Waals surface area contributed by atoms with Gasteiger partial charge < -0.3 is 14.6 Å². The lowest BCUT2D eigenvalue weighted by Crippen LogP contribution is -2.31.